The van der Waals surface area contributed by atoms with E-state index in [1.54, 1.807) is 0 Å². The highest BCUT2D eigenvalue weighted by Gasteiger charge is 2.62. The molecule has 0 aromatic heterocycles. The van der Waals surface area contributed by atoms with E-state index in [1.165, 1.54) is 27.7 Å². The van der Waals surface area contributed by atoms with Crippen LogP contribution in [0.2, 0.25) is 0 Å². The van der Waals surface area contributed by atoms with Crippen LogP contribution in [0.15, 0.2) is 0 Å². The number of carbonyl (C=O) groups is 2. The molecular formula is C12H22O8S2. The zero-order valence-corrected chi connectivity index (χ0v) is 14.6. The second-order valence-electron chi connectivity index (χ2n) is 5.98. The summed E-state index contributed by atoms with van der Waals surface area (Å²) in [5, 5.41) is 18.2. The second-order valence-corrected chi connectivity index (χ2v) is 10.8. The van der Waals surface area contributed by atoms with Crippen molar-refractivity contribution in [3.63, 3.8) is 0 Å². The van der Waals surface area contributed by atoms with Crippen LogP contribution in [0, 0.1) is 11.8 Å². The minimum atomic E-state index is -4.75. The molecule has 0 amide bonds. The average molecular weight is 358 g/mol. The van der Waals surface area contributed by atoms with Crippen LogP contribution in [0.3, 0.4) is 0 Å². The molecule has 0 bridgehead atoms. The Hall–Kier alpha value is -1.16. The summed E-state index contributed by atoms with van der Waals surface area (Å²) in [5.41, 5.74) is 0. The van der Waals surface area contributed by atoms with Gasteiger partial charge in [-0.3, -0.25) is 4.79 Å². The molecule has 2 N–H and O–H groups in total. The molecule has 0 aliphatic rings. The predicted molar refractivity (Wildman–Crippen MR) is 79.9 cm³/mol. The van der Waals surface area contributed by atoms with Gasteiger partial charge in [0.15, 0.2) is 19.7 Å². The monoisotopic (exact) mass is 358 g/mol. The summed E-state index contributed by atoms with van der Waals surface area (Å²) in [7, 11) is -9.50. The molecule has 0 aromatic rings. The number of carboxylic acid groups (broad SMARTS) is 2. The van der Waals surface area contributed by atoms with Gasteiger partial charge < -0.3 is 10.2 Å². The average Bonchev–Trinajstić information content (AvgIpc) is 2.20. The van der Waals surface area contributed by atoms with Gasteiger partial charge in [0.1, 0.15) is 0 Å². The van der Waals surface area contributed by atoms with Crippen molar-refractivity contribution in [2.45, 2.75) is 38.2 Å². The summed E-state index contributed by atoms with van der Waals surface area (Å²) in [6.07, 6.45) is -1.52. The van der Waals surface area contributed by atoms with Crippen LogP contribution in [-0.2, 0) is 29.3 Å². The molecule has 0 heterocycles. The van der Waals surface area contributed by atoms with E-state index in [0.29, 0.717) is 0 Å². The molecule has 0 spiro atoms. The van der Waals surface area contributed by atoms with Crippen LogP contribution < -0.4 is 0 Å². The van der Waals surface area contributed by atoms with Crippen molar-refractivity contribution >= 4 is 31.6 Å². The van der Waals surface area contributed by atoms with Crippen molar-refractivity contribution in [3.05, 3.63) is 0 Å². The van der Waals surface area contributed by atoms with Crippen LogP contribution in [0.1, 0.15) is 34.1 Å². The Labute approximate surface area is 130 Å². The number of sulfone groups is 2. The number of rotatable bonds is 9. The first-order valence-corrected chi connectivity index (χ1v) is 9.90. The molecule has 0 aromatic carbocycles. The third kappa shape index (κ3) is 4.19. The van der Waals surface area contributed by atoms with E-state index in [4.69, 9.17) is 5.11 Å². The van der Waals surface area contributed by atoms with Crippen LogP contribution >= 0.6 is 0 Å². The topological polar surface area (TPSA) is 143 Å². The minimum absolute atomic E-state index is 0.549. The third-order valence-corrected chi connectivity index (χ3v) is 9.20. The Morgan fingerprint density at radius 2 is 1.18 bits per heavy atom. The molecule has 0 aliphatic heterocycles. The maximum absolute atomic E-state index is 12.4. The highest BCUT2D eigenvalue weighted by molar-refractivity contribution is 8.11. The smallest absolute Gasteiger partial charge is 0.341 e. The third-order valence-electron chi connectivity index (χ3n) is 2.82. The van der Waals surface area contributed by atoms with E-state index in [1.807, 2.05) is 0 Å². The molecule has 22 heavy (non-hydrogen) atoms. The molecule has 0 rings (SSSR count). The standard InChI is InChI=1S/C12H22O8S2/c1-8(2)6-21(17,18)12(11(15)16,5-10(13)14)22(19,20)7-9(3)4/h8-9H,5-7H2,1-4H3,(H,13,14)(H,15,16). The molecule has 130 valence electrons. The van der Waals surface area contributed by atoms with Crippen LogP contribution in [-0.4, -0.2) is 54.6 Å². The van der Waals surface area contributed by atoms with E-state index in [9.17, 15) is 31.5 Å². The normalized spacial score (nSPS) is 13.5. The summed E-state index contributed by atoms with van der Waals surface area (Å²) in [4.78, 5) is 22.6. The Morgan fingerprint density at radius 1 is 0.864 bits per heavy atom. The van der Waals surface area contributed by atoms with E-state index < -0.39 is 65.5 Å². The van der Waals surface area contributed by atoms with Crippen molar-refractivity contribution in [3.8, 4) is 0 Å². The van der Waals surface area contributed by atoms with Crippen molar-refractivity contribution in [2.75, 3.05) is 11.5 Å². The largest absolute Gasteiger partial charge is 0.481 e. The first kappa shape index (κ1) is 20.8. The molecule has 8 nitrogen and oxygen atoms in total. The van der Waals surface area contributed by atoms with Gasteiger partial charge in [-0.1, -0.05) is 27.7 Å². The minimum Gasteiger partial charge on any atom is -0.481 e. The number of hydrogen-bond donors (Lipinski definition) is 2. The van der Waals surface area contributed by atoms with Gasteiger partial charge >= 0.3 is 11.9 Å². The van der Waals surface area contributed by atoms with E-state index in [2.05, 4.69) is 0 Å². The highest BCUT2D eigenvalue weighted by Crippen LogP contribution is 2.33. The van der Waals surface area contributed by atoms with Gasteiger partial charge in [0.2, 0.25) is 0 Å². The molecule has 10 heteroatoms. The van der Waals surface area contributed by atoms with Gasteiger partial charge in [0, 0.05) is 0 Å². The number of carboxylic acids is 2. The molecule has 0 saturated carbocycles. The molecule has 0 atom stereocenters. The maximum atomic E-state index is 12.4. The molecule has 0 radical (unpaired) electrons. The summed E-state index contributed by atoms with van der Waals surface area (Å²) < 4.78 is 46.4. The van der Waals surface area contributed by atoms with Crippen molar-refractivity contribution < 1.29 is 36.6 Å². The summed E-state index contributed by atoms with van der Waals surface area (Å²) in [6, 6.07) is 0. The lowest BCUT2D eigenvalue weighted by Gasteiger charge is -2.29. The maximum Gasteiger partial charge on any atom is 0.341 e. The molecule has 0 unspecified atom stereocenters. The Kier molecular flexibility index (Phi) is 6.58. The summed E-state index contributed by atoms with van der Waals surface area (Å²) in [5.74, 6) is -6.54. The lowest BCUT2D eigenvalue weighted by molar-refractivity contribution is -0.144. The molecule has 0 fully saturated rings. The molecule has 0 saturated heterocycles. The van der Waals surface area contributed by atoms with Crippen LogP contribution in [0.25, 0.3) is 0 Å². The van der Waals surface area contributed by atoms with Crippen molar-refractivity contribution in [1.82, 2.24) is 0 Å². The first-order valence-electron chi connectivity index (χ1n) is 6.59. The van der Waals surface area contributed by atoms with Crippen LogP contribution in [0.4, 0.5) is 0 Å². The molecule has 0 aliphatic carbocycles. The van der Waals surface area contributed by atoms with Crippen molar-refractivity contribution in [1.29, 1.82) is 0 Å². The fourth-order valence-corrected chi connectivity index (χ4v) is 7.57. The summed E-state index contributed by atoms with van der Waals surface area (Å²) in [6.45, 7) is 5.89. The first-order chi connectivity index (χ1) is 9.69. The lowest BCUT2D eigenvalue weighted by Crippen LogP contribution is -2.57. The Bertz CT molecular complexity index is 588. The lowest BCUT2D eigenvalue weighted by atomic mass is 10.3. The van der Waals surface area contributed by atoms with Gasteiger partial charge in [0.25, 0.3) is 4.08 Å². The zero-order valence-electron chi connectivity index (χ0n) is 12.9. The number of hydrogen-bond acceptors (Lipinski definition) is 6. The fourth-order valence-electron chi connectivity index (χ4n) is 2.10. The Morgan fingerprint density at radius 3 is 1.36 bits per heavy atom. The van der Waals surface area contributed by atoms with Gasteiger partial charge in [0.05, 0.1) is 17.9 Å². The van der Waals surface area contributed by atoms with E-state index in [-0.39, 0.29) is 0 Å². The van der Waals surface area contributed by atoms with Gasteiger partial charge in [-0.05, 0) is 11.8 Å². The van der Waals surface area contributed by atoms with Gasteiger partial charge in [-0.2, -0.15) is 0 Å². The van der Waals surface area contributed by atoms with Crippen molar-refractivity contribution in [2.24, 2.45) is 11.8 Å². The zero-order chi connectivity index (χ0) is 17.9. The molecular weight excluding hydrogens is 336 g/mol. The predicted octanol–water partition coefficient (Wildman–Crippen LogP) is 0.384. The quantitative estimate of drug-likeness (QED) is 0.602. The second kappa shape index (κ2) is 6.95. The fraction of sp³-hybridized carbons (Fsp3) is 0.833. The van der Waals surface area contributed by atoms with Crippen LogP contribution in [0.5, 0.6) is 0 Å². The number of aliphatic carboxylic acids is 2. The Balaban J connectivity index is 6.53. The SMILES string of the molecule is CC(C)CS(=O)(=O)C(CC(=O)O)(C(=O)O)S(=O)(=O)CC(C)C. The van der Waals surface area contributed by atoms with E-state index in [0.717, 1.165) is 0 Å². The van der Waals surface area contributed by atoms with E-state index >= 15 is 0 Å². The highest BCUT2D eigenvalue weighted by atomic mass is 32.3. The van der Waals surface area contributed by atoms with Gasteiger partial charge in [-0.15, -0.1) is 0 Å². The van der Waals surface area contributed by atoms with Gasteiger partial charge in [-0.25, -0.2) is 21.6 Å². The summed E-state index contributed by atoms with van der Waals surface area (Å²) >= 11 is 0.